The van der Waals surface area contributed by atoms with Crippen LogP contribution in [0.5, 0.6) is 5.88 Å². The van der Waals surface area contributed by atoms with Crippen LogP contribution in [0.1, 0.15) is 69.0 Å². The predicted molar refractivity (Wildman–Crippen MR) is 151 cm³/mol. The lowest BCUT2D eigenvalue weighted by Gasteiger charge is -2.32. The number of aromatic hydroxyl groups is 1. The Bertz CT molecular complexity index is 1510. The first-order chi connectivity index (χ1) is 19.1. The highest BCUT2D eigenvalue weighted by Gasteiger charge is 2.37. The van der Waals surface area contributed by atoms with E-state index in [-0.39, 0.29) is 24.9 Å². The van der Waals surface area contributed by atoms with Crippen molar-refractivity contribution in [2.24, 2.45) is 0 Å². The summed E-state index contributed by atoms with van der Waals surface area (Å²) in [6.45, 7) is 6.75. The Hall–Kier alpha value is -3.11. The fourth-order valence-corrected chi connectivity index (χ4v) is 7.28. The molecule has 1 saturated heterocycles. The lowest BCUT2D eigenvalue weighted by Crippen LogP contribution is -2.40. The van der Waals surface area contributed by atoms with Gasteiger partial charge in [0.25, 0.3) is 5.56 Å². The molecule has 0 saturated carbocycles. The number of hydrogen-bond donors (Lipinski definition) is 1. The van der Waals surface area contributed by atoms with E-state index in [2.05, 4.69) is 4.98 Å². The number of aromatic nitrogens is 2. The number of aryl methyl sites for hydroxylation is 3. The van der Waals surface area contributed by atoms with Crippen LogP contribution in [-0.2, 0) is 35.6 Å². The van der Waals surface area contributed by atoms with Crippen LogP contribution in [0.2, 0.25) is 0 Å². The molecule has 40 heavy (non-hydrogen) atoms. The van der Waals surface area contributed by atoms with Gasteiger partial charge in [-0.3, -0.25) is 14.3 Å². The molecule has 1 aromatic heterocycles. The Balaban J connectivity index is 1.71. The minimum absolute atomic E-state index is 0.149. The van der Waals surface area contributed by atoms with Gasteiger partial charge in [-0.15, -0.1) is 0 Å². The maximum absolute atomic E-state index is 14.2. The maximum atomic E-state index is 14.2. The van der Waals surface area contributed by atoms with Crippen molar-refractivity contribution in [1.82, 2.24) is 14.5 Å². The molecule has 3 aromatic rings. The van der Waals surface area contributed by atoms with Crippen LogP contribution in [-0.4, -0.2) is 46.3 Å². The van der Waals surface area contributed by atoms with Crippen LogP contribution in [0, 0.1) is 11.6 Å². The van der Waals surface area contributed by atoms with Gasteiger partial charge in [-0.2, -0.15) is 4.98 Å². The Morgan fingerprint density at radius 2 is 1.57 bits per heavy atom. The number of piperidine rings is 1. The lowest BCUT2D eigenvalue weighted by molar-refractivity contribution is 0.218. The normalized spacial score (nSPS) is 15.0. The van der Waals surface area contributed by atoms with Gasteiger partial charge in [0.1, 0.15) is 5.82 Å². The van der Waals surface area contributed by atoms with Gasteiger partial charge in [0, 0.05) is 18.5 Å². The summed E-state index contributed by atoms with van der Waals surface area (Å²) < 4.78 is 57.0. The molecule has 1 aliphatic rings. The van der Waals surface area contributed by atoms with Crippen LogP contribution >= 0.6 is 0 Å². The Morgan fingerprint density at radius 1 is 0.975 bits per heavy atom. The molecule has 0 amide bonds. The average molecular weight is 574 g/mol. The highest BCUT2D eigenvalue weighted by atomic mass is 32.2. The number of likely N-dealkylation sites (tertiary alicyclic amines) is 1. The van der Waals surface area contributed by atoms with E-state index in [1.807, 2.05) is 43.9 Å². The van der Waals surface area contributed by atoms with Crippen LogP contribution in [0.15, 0.2) is 46.1 Å². The number of unbranched alkanes of at least 4 members (excludes halogenated alkanes) is 1. The van der Waals surface area contributed by atoms with E-state index in [1.165, 1.54) is 16.7 Å². The molecule has 2 aromatic carbocycles. The summed E-state index contributed by atoms with van der Waals surface area (Å²) in [5, 5.41) is 10.7. The molecule has 0 bridgehead atoms. The monoisotopic (exact) mass is 573 g/mol. The zero-order chi connectivity index (χ0) is 29.0. The highest BCUT2D eigenvalue weighted by Crippen LogP contribution is 2.33. The summed E-state index contributed by atoms with van der Waals surface area (Å²) in [7, 11) is -4.25. The first kappa shape index (κ1) is 29.9. The van der Waals surface area contributed by atoms with E-state index in [4.69, 9.17) is 0 Å². The van der Waals surface area contributed by atoms with E-state index >= 15 is 0 Å². The van der Waals surface area contributed by atoms with Crippen molar-refractivity contribution in [3.63, 3.8) is 0 Å². The third kappa shape index (κ3) is 5.83. The number of nitrogens with zero attached hydrogens (tertiary/aromatic N) is 3. The van der Waals surface area contributed by atoms with Crippen LogP contribution in [0.25, 0.3) is 5.69 Å². The van der Waals surface area contributed by atoms with Crippen molar-refractivity contribution in [1.29, 1.82) is 0 Å². The predicted octanol–water partition coefficient (Wildman–Crippen LogP) is 5.12. The first-order valence-electron chi connectivity index (χ1n) is 14.0. The molecule has 1 N–H and O–H groups in total. The molecule has 0 radical (unpaired) electrons. The molecule has 0 aliphatic carbocycles. The number of halogens is 2. The number of benzene rings is 2. The van der Waals surface area contributed by atoms with Crippen molar-refractivity contribution in [2.75, 3.05) is 13.1 Å². The summed E-state index contributed by atoms with van der Waals surface area (Å²) in [4.78, 5) is 18.6. The molecule has 1 fully saturated rings. The third-order valence-electron chi connectivity index (χ3n) is 7.72. The molecule has 0 unspecified atom stereocenters. The molecule has 1 aliphatic heterocycles. The van der Waals surface area contributed by atoms with Crippen molar-refractivity contribution >= 4 is 9.84 Å². The zero-order valence-corrected chi connectivity index (χ0v) is 24.1. The molecule has 4 rings (SSSR count). The van der Waals surface area contributed by atoms with Crippen LogP contribution in [0.3, 0.4) is 0 Å². The third-order valence-corrected chi connectivity index (χ3v) is 10.00. The fraction of sp³-hybridized carbons (Fsp3) is 0.467. The van der Waals surface area contributed by atoms with E-state index < -0.39 is 43.1 Å². The van der Waals surface area contributed by atoms with Gasteiger partial charge in [0.15, 0.2) is 26.4 Å². The minimum Gasteiger partial charge on any atom is -0.493 e. The molecule has 0 atom stereocenters. The quantitative estimate of drug-likeness (QED) is 0.362. The highest BCUT2D eigenvalue weighted by molar-refractivity contribution is 7.92. The molecule has 216 valence electrons. The number of sulfone groups is 1. The number of hydrogen-bond acceptors (Lipinski definition) is 6. The van der Waals surface area contributed by atoms with E-state index in [9.17, 15) is 27.1 Å². The lowest BCUT2D eigenvalue weighted by atomic mass is 10.0. The Kier molecular flexibility index (Phi) is 9.41. The van der Waals surface area contributed by atoms with Gasteiger partial charge in [-0.25, -0.2) is 17.2 Å². The van der Waals surface area contributed by atoms with Gasteiger partial charge < -0.3 is 5.11 Å². The van der Waals surface area contributed by atoms with Crippen molar-refractivity contribution in [3.8, 4) is 11.6 Å². The van der Waals surface area contributed by atoms with Crippen molar-refractivity contribution in [3.05, 3.63) is 80.9 Å². The van der Waals surface area contributed by atoms with E-state index in [0.29, 0.717) is 43.9 Å². The largest absolute Gasteiger partial charge is 0.493 e. The Labute approximate surface area is 234 Å². The SMILES string of the molecule is CCCCc1nc(=O)c(S(=O)(=O)C2CCN(Cc3cccc(F)c3F)CC2)c(O)n1-c1c(CC)cccc1CC. The minimum atomic E-state index is -4.25. The molecular formula is C30H37F2N3O4S. The summed E-state index contributed by atoms with van der Waals surface area (Å²) in [6.07, 6.45) is 3.63. The molecular weight excluding hydrogens is 536 g/mol. The smallest absolute Gasteiger partial charge is 0.295 e. The van der Waals surface area contributed by atoms with Gasteiger partial charge in [-0.05, 0) is 62.4 Å². The van der Waals surface area contributed by atoms with Crippen LogP contribution in [0.4, 0.5) is 8.78 Å². The Morgan fingerprint density at radius 3 is 2.17 bits per heavy atom. The van der Waals surface area contributed by atoms with E-state index in [1.54, 1.807) is 0 Å². The summed E-state index contributed by atoms with van der Waals surface area (Å²) in [5.41, 5.74) is 1.76. The second-order valence-corrected chi connectivity index (χ2v) is 12.5. The first-order valence-corrected chi connectivity index (χ1v) is 15.5. The van der Waals surface area contributed by atoms with Gasteiger partial charge >= 0.3 is 0 Å². The van der Waals surface area contributed by atoms with Crippen LogP contribution < -0.4 is 5.56 Å². The van der Waals surface area contributed by atoms with Gasteiger partial charge in [0.05, 0.1) is 10.9 Å². The molecule has 10 heteroatoms. The second-order valence-electron chi connectivity index (χ2n) is 10.3. The van der Waals surface area contributed by atoms with Crippen molar-refractivity contribution < 1.29 is 22.3 Å². The van der Waals surface area contributed by atoms with Gasteiger partial charge in [0.2, 0.25) is 5.88 Å². The molecule has 2 heterocycles. The van der Waals surface area contributed by atoms with Gasteiger partial charge in [-0.1, -0.05) is 57.5 Å². The van der Waals surface area contributed by atoms with Crippen molar-refractivity contribution in [2.45, 2.75) is 82.4 Å². The summed E-state index contributed by atoms with van der Waals surface area (Å²) >= 11 is 0. The number of rotatable bonds is 10. The summed E-state index contributed by atoms with van der Waals surface area (Å²) in [6, 6.07) is 9.80. The maximum Gasteiger partial charge on any atom is 0.295 e. The topological polar surface area (TPSA) is 92.5 Å². The summed E-state index contributed by atoms with van der Waals surface area (Å²) in [5.74, 6) is -2.08. The van der Waals surface area contributed by atoms with E-state index in [0.717, 1.165) is 30.0 Å². The number of para-hydroxylation sites is 1. The molecule has 7 nitrogen and oxygen atoms in total. The average Bonchev–Trinajstić information content (AvgIpc) is 2.94. The molecule has 0 spiro atoms. The fourth-order valence-electron chi connectivity index (χ4n) is 5.48. The second kappa shape index (κ2) is 12.6. The zero-order valence-electron chi connectivity index (χ0n) is 23.3. The standard InChI is InChI=1S/C30H37F2N3O4S/c1-4-7-14-25-33-29(36)28(30(37)35(25)27-20(5-2)10-8-11-21(27)6-3)40(38,39)23-15-17-34(18-16-23)19-22-12-9-13-24(31)26(22)32/h8-13,23,37H,4-7,14-19H2,1-3H3.